The second-order valence-corrected chi connectivity index (χ2v) is 11.7. The summed E-state index contributed by atoms with van der Waals surface area (Å²) in [6, 6.07) is 4.60. The molecule has 1 N–H and O–H groups in total. The highest BCUT2D eigenvalue weighted by Crippen LogP contribution is 2.30. The highest BCUT2D eigenvalue weighted by atomic mass is 16.3. The standard InChI is InChI=1S/C31H52N2O/c1-26(2)13-8-14-27(3)15-9-16-28(4)17-10-20-31(5,34)21-12-24-33-23-7-6-19-30(33)29-18-11-22-32-25-29/h11,18,22,25-28,30,34H,6-10,13-17,19-20,23-24H2,1-5H3/t27-,28+,30-,31+/m1/s1. The molecule has 0 aliphatic carbocycles. The summed E-state index contributed by atoms with van der Waals surface area (Å²) in [4.78, 5) is 6.76. The molecule has 1 aliphatic rings. The molecule has 1 fully saturated rings. The number of rotatable bonds is 14. The number of nitrogens with zero attached hydrogens (tertiary/aromatic N) is 2. The lowest BCUT2D eigenvalue weighted by Gasteiger charge is -2.34. The predicted octanol–water partition coefficient (Wildman–Crippen LogP) is 7.80. The molecule has 0 saturated carbocycles. The van der Waals surface area contributed by atoms with Crippen LogP contribution in [-0.4, -0.2) is 33.7 Å². The van der Waals surface area contributed by atoms with E-state index in [-0.39, 0.29) is 0 Å². The lowest BCUT2D eigenvalue weighted by atomic mass is 9.90. The Kier molecular flexibility index (Phi) is 13.2. The predicted molar refractivity (Wildman–Crippen MR) is 146 cm³/mol. The summed E-state index contributed by atoms with van der Waals surface area (Å²) in [5.41, 5.74) is 0.402. The first-order valence-electron chi connectivity index (χ1n) is 14.1. The fourth-order valence-corrected chi connectivity index (χ4v) is 5.30. The molecule has 0 bridgehead atoms. The fourth-order valence-electron chi connectivity index (χ4n) is 5.30. The zero-order chi connectivity index (χ0) is 24.8. The largest absolute Gasteiger partial charge is 0.378 e. The van der Waals surface area contributed by atoms with Crippen molar-refractivity contribution in [2.24, 2.45) is 17.8 Å². The Labute approximate surface area is 211 Å². The quantitative estimate of drug-likeness (QED) is 0.283. The summed E-state index contributed by atoms with van der Waals surface area (Å²) in [5, 5.41) is 10.8. The number of pyridine rings is 1. The molecular formula is C31H52N2O. The molecule has 0 unspecified atom stereocenters. The van der Waals surface area contributed by atoms with Crippen LogP contribution in [-0.2, 0) is 0 Å². The van der Waals surface area contributed by atoms with E-state index in [0.717, 1.165) is 43.7 Å². The molecule has 3 nitrogen and oxygen atoms in total. The average molecular weight is 469 g/mol. The van der Waals surface area contributed by atoms with E-state index >= 15 is 0 Å². The maximum atomic E-state index is 10.8. The minimum atomic E-state index is -0.885. The number of hydrogen-bond donors (Lipinski definition) is 1. The van der Waals surface area contributed by atoms with E-state index in [1.807, 2.05) is 25.4 Å². The van der Waals surface area contributed by atoms with Crippen LogP contribution in [0.5, 0.6) is 0 Å². The van der Waals surface area contributed by atoms with Crippen LogP contribution in [0.25, 0.3) is 0 Å². The Morgan fingerprint density at radius 3 is 2.35 bits per heavy atom. The third-order valence-corrected chi connectivity index (χ3v) is 7.56. The van der Waals surface area contributed by atoms with E-state index in [2.05, 4.69) is 55.5 Å². The monoisotopic (exact) mass is 468 g/mol. The van der Waals surface area contributed by atoms with E-state index < -0.39 is 5.60 Å². The molecule has 1 aliphatic heterocycles. The summed E-state index contributed by atoms with van der Waals surface area (Å²) >= 11 is 0. The van der Waals surface area contributed by atoms with Crippen LogP contribution in [0.15, 0.2) is 24.5 Å². The lowest BCUT2D eigenvalue weighted by molar-refractivity contribution is 0.107. The van der Waals surface area contributed by atoms with Gasteiger partial charge < -0.3 is 5.11 Å². The number of likely N-dealkylation sites (tertiary alicyclic amines) is 1. The normalized spacial score (nSPS) is 20.4. The molecule has 3 heteroatoms. The van der Waals surface area contributed by atoms with Crippen molar-refractivity contribution >= 4 is 0 Å². The van der Waals surface area contributed by atoms with Crippen molar-refractivity contribution in [3.63, 3.8) is 0 Å². The maximum Gasteiger partial charge on any atom is 0.122 e. The summed E-state index contributed by atoms with van der Waals surface area (Å²) in [5.74, 6) is 8.93. The van der Waals surface area contributed by atoms with Gasteiger partial charge in [0.05, 0.1) is 6.54 Å². The van der Waals surface area contributed by atoms with Gasteiger partial charge in [0.25, 0.3) is 0 Å². The van der Waals surface area contributed by atoms with Crippen molar-refractivity contribution in [2.45, 2.75) is 123 Å². The smallest absolute Gasteiger partial charge is 0.122 e. The van der Waals surface area contributed by atoms with Crippen molar-refractivity contribution in [3.8, 4) is 11.8 Å². The van der Waals surface area contributed by atoms with Crippen molar-refractivity contribution in [1.82, 2.24) is 9.88 Å². The Morgan fingerprint density at radius 1 is 1.03 bits per heavy atom. The topological polar surface area (TPSA) is 36.4 Å². The molecule has 192 valence electrons. The first kappa shape index (κ1) is 28.9. The van der Waals surface area contributed by atoms with Gasteiger partial charge in [-0.3, -0.25) is 9.88 Å². The molecule has 1 saturated heterocycles. The maximum absolute atomic E-state index is 10.8. The van der Waals surface area contributed by atoms with Crippen molar-refractivity contribution < 1.29 is 5.11 Å². The molecule has 0 radical (unpaired) electrons. The van der Waals surface area contributed by atoms with E-state index in [1.165, 1.54) is 69.8 Å². The number of hydrogen-bond acceptors (Lipinski definition) is 3. The van der Waals surface area contributed by atoms with Crippen LogP contribution in [0.3, 0.4) is 0 Å². The summed E-state index contributed by atoms with van der Waals surface area (Å²) in [6.45, 7) is 13.1. The van der Waals surface area contributed by atoms with E-state index in [1.54, 1.807) is 0 Å². The molecule has 2 rings (SSSR count). The average Bonchev–Trinajstić information content (AvgIpc) is 2.79. The first-order chi connectivity index (χ1) is 16.3. The van der Waals surface area contributed by atoms with E-state index in [4.69, 9.17) is 0 Å². The van der Waals surface area contributed by atoms with Gasteiger partial charge in [0.1, 0.15) is 5.60 Å². The summed E-state index contributed by atoms with van der Waals surface area (Å²) < 4.78 is 0. The Bertz CT molecular complexity index is 718. The van der Waals surface area contributed by atoms with Gasteiger partial charge in [-0.2, -0.15) is 0 Å². The minimum absolute atomic E-state index is 0.403. The molecule has 34 heavy (non-hydrogen) atoms. The highest BCUT2D eigenvalue weighted by Gasteiger charge is 2.23. The number of aromatic nitrogens is 1. The third kappa shape index (κ3) is 11.9. The Hall–Kier alpha value is -1.37. The van der Waals surface area contributed by atoms with Crippen molar-refractivity contribution in [2.75, 3.05) is 13.1 Å². The number of piperidine rings is 1. The molecule has 0 amide bonds. The molecule has 1 aromatic heterocycles. The van der Waals surface area contributed by atoms with Gasteiger partial charge in [-0.1, -0.05) is 97.0 Å². The van der Waals surface area contributed by atoms with Gasteiger partial charge in [0.15, 0.2) is 0 Å². The van der Waals surface area contributed by atoms with E-state index in [9.17, 15) is 5.11 Å². The molecule has 0 spiro atoms. The molecule has 0 aromatic carbocycles. The van der Waals surface area contributed by atoms with Crippen LogP contribution in [0.4, 0.5) is 0 Å². The highest BCUT2D eigenvalue weighted by molar-refractivity contribution is 5.17. The van der Waals surface area contributed by atoms with Gasteiger partial charge >= 0.3 is 0 Å². The van der Waals surface area contributed by atoms with Crippen LogP contribution in [0.2, 0.25) is 0 Å². The molecule has 1 aromatic rings. The zero-order valence-electron chi connectivity index (χ0n) is 22.9. The molecule has 2 heterocycles. The zero-order valence-corrected chi connectivity index (χ0v) is 22.9. The van der Waals surface area contributed by atoms with Gasteiger partial charge in [-0.05, 0) is 68.5 Å². The first-order valence-corrected chi connectivity index (χ1v) is 14.1. The summed E-state index contributed by atoms with van der Waals surface area (Å²) in [6.07, 6.45) is 18.6. The lowest BCUT2D eigenvalue weighted by Crippen LogP contribution is -2.34. The third-order valence-electron chi connectivity index (χ3n) is 7.56. The van der Waals surface area contributed by atoms with Gasteiger partial charge in [-0.25, -0.2) is 0 Å². The van der Waals surface area contributed by atoms with Crippen molar-refractivity contribution in [1.29, 1.82) is 0 Å². The molecular weight excluding hydrogens is 416 g/mol. The Morgan fingerprint density at radius 2 is 1.71 bits per heavy atom. The van der Waals surface area contributed by atoms with Crippen LogP contribution >= 0.6 is 0 Å². The van der Waals surface area contributed by atoms with Gasteiger partial charge in [-0.15, -0.1) is 0 Å². The second-order valence-electron chi connectivity index (χ2n) is 11.7. The van der Waals surface area contributed by atoms with Crippen LogP contribution in [0, 0.1) is 29.6 Å². The van der Waals surface area contributed by atoms with Gasteiger partial charge in [0.2, 0.25) is 0 Å². The van der Waals surface area contributed by atoms with Crippen molar-refractivity contribution in [3.05, 3.63) is 30.1 Å². The number of aliphatic hydroxyl groups is 1. The summed E-state index contributed by atoms with van der Waals surface area (Å²) in [7, 11) is 0. The second kappa shape index (κ2) is 15.6. The minimum Gasteiger partial charge on any atom is -0.378 e. The molecule has 4 atom stereocenters. The Balaban J connectivity index is 1.65. The SMILES string of the molecule is CC(C)CCC[C@@H](C)CCC[C@H](C)CCC[C@](C)(O)C#CCN1CCCC[C@@H]1c1cccnc1. The van der Waals surface area contributed by atoms with Gasteiger partial charge in [0, 0.05) is 18.4 Å². The van der Waals surface area contributed by atoms with Crippen LogP contribution < -0.4 is 0 Å². The van der Waals surface area contributed by atoms with E-state index in [0.29, 0.717) is 6.04 Å². The fraction of sp³-hybridized carbons (Fsp3) is 0.774. The van der Waals surface area contributed by atoms with Crippen LogP contribution in [0.1, 0.15) is 123 Å².